The van der Waals surface area contributed by atoms with Crippen LogP contribution in [-0.2, 0) is 0 Å². The first kappa shape index (κ1) is 18.7. The summed E-state index contributed by atoms with van der Waals surface area (Å²) in [5.74, 6) is 1.14. The third-order valence-electron chi connectivity index (χ3n) is 4.21. The SMILES string of the molecule is O=C(Nc1ccc(Cl)cc1)c1ccc(Nc2ccnc(-c3ccccc3)n2)cc1. The molecule has 4 aromatic rings. The predicted molar refractivity (Wildman–Crippen MR) is 117 cm³/mol. The number of hydrogen-bond acceptors (Lipinski definition) is 4. The van der Waals surface area contributed by atoms with Gasteiger partial charge in [-0.25, -0.2) is 9.97 Å². The van der Waals surface area contributed by atoms with Gasteiger partial charge in [-0.15, -0.1) is 0 Å². The van der Waals surface area contributed by atoms with Gasteiger partial charge in [-0.2, -0.15) is 0 Å². The molecule has 1 aromatic heterocycles. The summed E-state index contributed by atoms with van der Waals surface area (Å²) in [6, 6.07) is 25.8. The molecule has 0 aliphatic carbocycles. The van der Waals surface area contributed by atoms with Gasteiger partial charge in [0.2, 0.25) is 0 Å². The third-order valence-corrected chi connectivity index (χ3v) is 4.46. The van der Waals surface area contributed by atoms with Crippen molar-refractivity contribution in [3.63, 3.8) is 0 Å². The summed E-state index contributed by atoms with van der Waals surface area (Å²) in [6.45, 7) is 0. The van der Waals surface area contributed by atoms with Gasteiger partial charge in [0.1, 0.15) is 5.82 Å². The van der Waals surface area contributed by atoms with Crippen LogP contribution in [0.2, 0.25) is 5.02 Å². The van der Waals surface area contributed by atoms with Crippen LogP contribution in [0.25, 0.3) is 11.4 Å². The molecule has 6 heteroatoms. The van der Waals surface area contributed by atoms with Crippen LogP contribution in [0.3, 0.4) is 0 Å². The molecule has 4 rings (SSSR count). The second kappa shape index (κ2) is 8.54. The van der Waals surface area contributed by atoms with E-state index in [1.165, 1.54) is 0 Å². The molecule has 0 unspecified atom stereocenters. The van der Waals surface area contributed by atoms with Gasteiger partial charge < -0.3 is 10.6 Å². The Hall–Kier alpha value is -3.70. The normalized spacial score (nSPS) is 10.4. The van der Waals surface area contributed by atoms with Crippen LogP contribution in [0, 0.1) is 0 Å². The van der Waals surface area contributed by atoms with Gasteiger partial charge in [-0.3, -0.25) is 4.79 Å². The van der Waals surface area contributed by atoms with Crippen molar-refractivity contribution in [3.8, 4) is 11.4 Å². The monoisotopic (exact) mass is 400 g/mol. The Bertz CT molecular complexity index is 1110. The Kier molecular flexibility index (Phi) is 5.49. The topological polar surface area (TPSA) is 66.9 Å². The average molecular weight is 401 g/mol. The number of hydrogen-bond donors (Lipinski definition) is 2. The lowest BCUT2D eigenvalue weighted by molar-refractivity contribution is 0.102. The fraction of sp³-hybridized carbons (Fsp3) is 0. The lowest BCUT2D eigenvalue weighted by atomic mass is 10.2. The molecule has 2 N–H and O–H groups in total. The highest BCUT2D eigenvalue weighted by molar-refractivity contribution is 6.30. The fourth-order valence-corrected chi connectivity index (χ4v) is 2.87. The van der Waals surface area contributed by atoms with E-state index in [2.05, 4.69) is 20.6 Å². The third kappa shape index (κ3) is 4.78. The van der Waals surface area contributed by atoms with Crippen molar-refractivity contribution in [3.05, 3.63) is 102 Å². The molecule has 142 valence electrons. The maximum Gasteiger partial charge on any atom is 0.255 e. The number of benzene rings is 3. The summed E-state index contributed by atoms with van der Waals surface area (Å²) in [6.07, 6.45) is 1.71. The summed E-state index contributed by atoms with van der Waals surface area (Å²) in [5, 5.41) is 6.70. The maximum atomic E-state index is 12.4. The van der Waals surface area contributed by atoms with Gasteiger partial charge in [0.25, 0.3) is 5.91 Å². The first-order valence-corrected chi connectivity index (χ1v) is 9.38. The first-order chi connectivity index (χ1) is 14.2. The molecule has 0 radical (unpaired) electrons. The van der Waals surface area contributed by atoms with E-state index in [1.54, 1.807) is 48.7 Å². The summed E-state index contributed by atoms with van der Waals surface area (Å²) >= 11 is 5.86. The molecule has 0 bridgehead atoms. The Balaban J connectivity index is 1.44. The molecule has 0 aliphatic heterocycles. The molecule has 0 aliphatic rings. The van der Waals surface area contributed by atoms with Crippen LogP contribution < -0.4 is 10.6 Å². The number of nitrogens with one attached hydrogen (secondary N) is 2. The van der Waals surface area contributed by atoms with E-state index >= 15 is 0 Å². The summed E-state index contributed by atoms with van der Waals surface area (Å²) < 4.78 is 0. The van der Waals surface area contributed by atoms with Crippen LogP contribution in [0.1, 0.15) is 10.4 Å². The minimum Gasteiger partial charge on any atom is -0.340 e. The number of aromatic nitrogens is 2. The maximum absolute atomic E-state index is 12.4. The fourth-order valence-electron chi connectivity index (χ4n) is 2.74. The zero-order valence-electron chi connectivity index (χ0n) is 15.3. The molecule has 5 nitrogen and oxygen atoms in total. The van der Waals surface area contributed by atoms with Crippen molar-refractivity contribution in [1.82, 2.24) is 9.97 Å². The summed E-state index contributed by atoms with van der Waals surface area (Å²) in [5.41, 5.74) is 3.02. The molecule has 0 saturated heterocycles. The van der Waals surface area contributed by atoms with Crippen molar-refractivity contribution >= 4 is 34.7 Å². The number of carbonyl (C=O) groups excluding carboxylic acids is 1. The van der Waals surface area contributed by atoms with E-state index in [0.29, 0.717) is 27.9 Å². The quantitative estimate of drug-likeness (QED) is 0.444. The van der Waals surface area contributed by atoms with Crippen molar-refractivity contribution in [2.45, 2.75) is 0 Å². The number of halogens is 1. The Labute approximate surface area is 173 Å². The predicted octanol–water partition coefficient (Wildman–Crippen LogP) is 5.79. The van der Waals surface area contributed by atoms with Gasteiger partial charge >= 0.3 is 0 Å². The van der Waals surface area contributed by atoms with Gasteiger partial charge in [0.05, 0.1) is 0 Å². The lowest BCUT2D eigenvalue weighted by Crippen LogP contribution is -2.11. The van der Waals surface area contributed by atoms with Crippen LogP contribution in [0.15, 0.2) is 91.1 Å². The number of anilines is 3. The molecule has 0 saturated carbocycles. The van der Waals surface area contributed by atoms with E-state index in [1.807, 2.05) is 42.5 Å². The Morgan fingerprint density at radius 1 is 0.793 bits per heavy atom. The second-order valence-electron chi connectivity index (χ2n) is 6.29. The number of amides is 1. The first-order valence-electron chi connectivity index (χ1n) is 9.00. The molecule has 0 fully saturated rings. The number of nitrogens with zero attached hydrogens (tertiary/aromatic N) is 2. The average Bonchev–Trinajstić information content (AvgIpc) is 2.77. The van der Waals surface area contributed by atoms with Crippen LogP contribution in [0.5, 0.6) is 0 Å². The highest BCUT2D eigenvalue weighted by Crippen LogP contribution is 2.20. The molecule has 0 spiro atoms. The second-order valence-corrected chi connectivity index (χ2v) is 6.73. The van der Waals surface area contributed by atoms with E-state index < -0.39 is 0 Å². The summed E-state index contributed by atoms with van der Waals surface area (Å²) in [4.78, 5) is 21.3. The molecular weight excluding hydrogens is 384 g/mol. The van der Waals surface area contributed by atoms with Crippen LogP contribution in [-0.4, -0.2) is 15.9 Å². The van der Waals surface area contributed by atoms with Gasteiger partial charge in [-0.05, 0) is 54.6 Å². The minimum atomic E-state index is -0.188. The Morgan fingerprint density at radius 3 is 2.21 bits per heavy atom. The van der Waals surface area contributed by atoms with Gasteiger partial charge in [0, 0.05) is 33.7 Å². The van der Waals surface area contributed by atoms with E-state index in [0.717, 1.165) is 11.3 Å². The molecule has 3 aromatic carbocycles. The van der Waals surface area contributed by atoms with E-state index in [9.17, 15) is 4.79 Å². The van der Waals surface area contributed by atoms with Gasteiger partial charge in [0.15, 0.2) is 5.82 Å². The van der Waals surface area contributed by atoms with Crippen LogP contribution >= 0.6 is 11.6 Å². The zero-order valence-corrected chi connectivity index (χ0v) is 16.1. The van der Waals surface area contributed by atoms with Crippen molar-refractivity contribution in [2.75, 3.05) is 10.6 Å². The van der Waals surface area contributed by atoms with E-state index in [4.69, 9.17) is 11.6 Å². The van der Waals surface area contributed by atoms with Crippen molar-refractivity contribution in [2.24, 2.45) is 0 Å². The minimum absolute atomic E-state index is 0.188. The van der Waals surface area contributed by atoms with Crippen molar-refractivity contribution in [1.29, 1.82) is 0 Å². The molecule has 29 heavy (non-hydrogen) atoms. The summed E-state index contributed by atoms with van der Waals surface area (Å²) in [7, 11) is 0. The molecule has 0 atom stereocenters. The zero-order chi connectivity index (χ0) is 20.1. The molecule has 1 amide bonds. The molecular formula is C23H17ClN4O. The number of carbonyl (C=O) groups is 1. The highest BCUT2D eigenvalue weighted by atomic mass is 35.5. The largest absolute Gasteiger partial charge is 0.340 e. The Morgan fingerprint density at radius 2 is 1.48 bits per heavy atom. The highest BCUT2D eigenvalue weighted by Gasteiger charge is 2.07. The molecule has 1 heterocycles. The standard InChI is InChI=1S/C23H17ClN4O/c24-18-8-12-20(13-9-18)27-23(29)17-6-10-19(11-7-17)26-21-14-15-25-22(28-21)16-4-2-1-3-5-16/h1-15H,(H,27,29)(H,25,26,28). The van der Waals surface area contributed by atoms with E-state index in [-0.39, 0.29) is 5.91 Å². The van der Waals surface area contributed by atoms with Crippen molar-refractivity contribution < 1.29 is 4.79 Å². The smallest absolute Gasteiger partial charge is 0.255 e. The number of rotatable bonds is 5. The van der Waals surface area contributed by atoms with Gasteiger partial charge in [-0.1, -0.05) is 41.9 Å². The van der Waals surface area contributed by atoms with Crippen LogP contribution in [0.4, 0.5) is 17.2 Å². The lowest BCUT2D eigenvalue weighted by Gasteiger charge is -2.09.